The van der Waals surface area contributed by atoms with Crippen molar-refractivity contribution in [3.63, 3.8) is 0 Å². The maximum absolute atomic E-state index is 13.5. The molecule has 4 N–H and O–H groups in total. The number of aromatic nitrogens is 1. The molecule has 1 aliphatic rings. The Morgan fingerprint density at radius 1 is 1.06 bits per heavy atom. The Morgan fingerprint density at radius 2 is 1.75 bits per heavy atom. The van der Waals surface area contributed by atoms with Crippen LogP contribution in [0.2, 0.25) is 0 Å². The second-order valence-electron chi connectivity index (χ2n) is 7.09. The number of carbonyl (C=O) groups is 4. The zero-order chi connectivity index (χ0) is 23.0. The minimum absolute atomic E-state index is 0.229. The van der Waals surface area contributed by atoms with Crippen molar-refractivity contribution >= 4 is 56.6 Å². The molecule has 0 bridgehead atoms. The number of nitrogens with one attached hydrogen (secondary N) is 2. The summed E-state index contributed by atoms with van der Waals surface area (Å²) in [5.74, 6) is 1.03. The van der Waals surface area contributed by atoms with Crippen molar-refractivity contribution in [2.45, 2.75) is 19.8 Å². The number of hydrazine groups is 1. The van der Waals surface area contributed by atoms with Gasteiger partial charge in [-0.05, 0) is 37.1 Å². The van der Waals surface area contributed by atoms with Crippen LogP contribution in [0.15, 0.2) is 47.6 Å². The van der Waals surface area contributed by atoms with Crippen molar-refractivity contribution in [2.75, 3.05) is 4.90 Å². The number of piperidine rings is 1. The maximum Gasteiger partial charge on any atom is 0.349 e. The number of hydrazone groups is 1. The first-order chi connectivity index (χ1) is 15.3. The summed E-state index contributed by atoms with van der Waals surface area (Å²) in [6.07, 6.45) is 0. The topological polar surface area (TPSA) is 147 Å². The zero-order valence-electron chi connectivity index (χ0n) is 17.1. The number of urea groups is 1. The number of aryl methyl sites for hydroxylation is 2. The van der Waals surface area contributed by atoms with Crippen LogP contribution in [0.3, 0.4) is 0 Å². The molecule has 2 aromatic carbocycles. The highest BCUT2D eigenvalue weighted by atomic mass is 32.1. The third-order valence-corrected chi connectivity index (χ3v) is 6.10. The number of imide groups is 1. The van der Waals surface area contributed by atoms with E-state index in [1.54, 1.807) is 44.2 Å². The second-order valence-corrected chi connectivity index (χ2v) is 8.15. The molecule has 11 heteroatoms. The number of thiazole rings is 1. The molecule has 162 valence electrons. The lowest BCUT2D eigenvalue weighted by molar-refractivity contribution is -0.139. The van der Waals surface area contributed by atoms with E-state index in [1.807, 2.05) is 17.6 Å². The minimum atomic E-state index is -1.36. The van der Waals surface area contributed by atoms with Crippen molar-refractivity contribution in [3.8, 4) is 0 Å². The van der Waals surface area contributed by atoms with Gasteiger partial charge in [0.2, 0.25) is 5.78 Å². The Hall–Kier alpha value is -3.96. The molecule has 0 saturated carbocycles. The quantitative estimate of drug-likeness (QED) is 0.182. The third-order valence-electron chi connectivity index (χ3n) is 5.00. The van der Waals surface area contributed by atoms with Crippen LogP contribution in [0.1, 0.15) is 22.1 Å². The Kier molecular flexibility index (Phi) is 5.51. The van der Waals surface area contributed by atoms with E-state index in [0.717, 1.165) is 9.60 Å². The standard InChI is InChI=1S/C21H18N6O4S/c1-10-6-5-7-11(2)16(10)27-19(29)15(25-26-21(31)24-22)14(17(28)20(27)30)18-23-12-8-3-4-9-13(12)32-18/h3-9,14H,22H2,1-2H3,(H2,24,26,31)/b25-15-/t14-/m0/s1. The first kappa shape index (κ1) is 21.3. The molecule has 3 aromatic rings. The molecule has 0 radical (unpaired) electrons. The van der Waals surface area contributed by atoms with Crippen LogP contribution >= 0.6 is 11.3 Å². The van der Waals surface area contributed by atoms with E-state index in [4.69, 9.17) is 5.84 Å². The normalized spacial score (nSPS) is 17.8. The number of carbonyl (C=O) groups excluding carboxylic acids is 4. The molecular formula is C21H18N6O4S. The summed E-state index contributed by atoms with van der Waals surface area (Å²) in [7, 11) is 0. The summed E-state index contributed by atoms with van der Waals surface area (Å²) < 4.78 is 0.777. The lowest BCUT2D eigenvalue weighted by Gasteiger charge is -2.30. The summed E-state index contributed by atoms with van der Waals surface area (Å²) in [6.45, 7) is 3.45. The number of benzene rings is 2. The van der Waals surface area contributed by atoms with Gasteiger partial charge in [0.15, 0.2) is 0 Å². The van der Waals surface area contributed by atoms with E-state index in [-0.39, 0.29) is 10.7 Å². The summed E-state index contributed by atoms with van der Waals surface area (Å²) in [4.78, 5) is 56.7. The van der Waals surface area contributed by atoms with Gasteiger partial charge in [-0.3, -0.25) is 19.8 Å². The molecule has 0 aliphatic carbocycles. The molecule has 2 heterocycles. The molecule has 1 aliphatic heterocycles. The number of hydrogen-bond donors (Lipinski definition) is 3. The van der Waals surface area contributed by atoms with E-state index >= 15 is 0 Å². The molecule has 0 spiro atoms. The largest absolute Gasteiger partial charge is 0.349 e. The van der Waals surface area contributed by atoms with E-state index in [0.29, 0.717) is 22.3 Å². The van der Waals surface area contributed by atoms with Crippen LogP contribution in [0.4, 0.5) is 10.5 Å². The summed E-state index contributed by atoms with van der Waals surface area (Å²) >= 11 is 1.17. The number of rotatable bonds is 3. The molecule has 0 unspecified atom stereocenters. The van der Waals surface area contributed by atoms with Crippen molar-refractivity contribution in [2.24, 2.45) is 10.9 Å². The average molecular weight is 450 g/mol. The number of ketones is 1. The summed E-state index contributed by atoms with van der Waals surface area (Å²) in [6, 6.07) is 11.5. The number of fused-ring (bicyclic) bond motifs is 1. The molecule has 4 rings (SSSR count). The number of Topliss-reactive ketones (excluding diaryl/α,β-unsaturated/α-hetero) is 1. The van der Waals surface area contributed by atoms with Gasteiger partial charge in [0.25, 0.3) is 5.91 Å². The molecular weight excluding hydrogens is 432 g/mol. The maximum atomic E-state index is 13.5. The first-order valence-electron chi connectivity index (χ1n) is 9.52. The fourth-order valence-electron chi connectivity index (χ4n) is 3.55. The van der Waals surface area contributed by atoms with Gasteiger partial charge < -0.3 is 0 Å². The number of nitrogens with two attached hydrogens (primary N) is 1. The summed E-state index contributed by atoms with van der Waals surface area (Å²) in [5.41, 5.74) is 5.75. The predicted octanol–water partition coefficient (Wildman–Crippen LogP) is 1.67. The van der Waals surface area contributed by atoms with Crippen molar-refractivity contribution < 1.29 is 19.2 Å². The highest BCUT2D eigenvalue weighted by Crippen LogP contribution is 2.35. The van der Waals surface area contributed by atoms with Gasteiger partial charge in [-0.2, -0.15) is 5.10 Å². The van der Waals surface area contributed by atoms with Gasteiger partial charge in [-0.1, -0.05) is 30.3 Å². The van der Waals surface area contributed by atoms with Gasteiger partial charge >= 0.3 is 11.9 Å². The summed E-state index contributed by atoms with van der Waals surface area (Å²) in [5, 5.41) is 4.09. The van der Waals surface area contributed by atoms with Crippen molar-refractivity contribution in [3.05, 3.63) is 58.6 Å². The fourth-order valence-corrected chi connectivity index (χ4v) is 4.62. The molecule has 4 amide bonds. The van der Waals surface area contributed by atoms with Gasteiger partial charge in [-0.15, -0.1) is 11.3 Å². The lowest BCUT2D eigenvalue weighted by atomic mass is 9.91. The van der Waals surface area contributed by atoms with Crippen LogP contribution < -0.4 is 21.6 Å². The molecule has 10 nitrogen and oxygen atoms in total. The number of anilines is 1. The average Bonchev–Trinajstić information content (AvgIpc) is 3.20. The molecule has 1 fully saturated rings. The third kappa shape index (κ3) is 3.53. The molecule has 1 atom stereocenters. The highest BCUT2D eigenvalue weighted by molar-refractivity contribution is 7.19. The monoisotopic (exact) mass is 450 g/mol. The molecule has 1 aromatic heterocycles. The van der Waals surface area contributed by atoms with Gasteiger partial charge in [0.1, 0.15) is 16.6 Å². The zero-order valence-corrected chi connectivity index (χ0v) is 17.9. The Labute approximate surface area is 186 Å². The fraction of sp³-hybridized carbons (Fsp3) is 0.143. The smallest absolute Gasteiger partial charge is 0.287 e. The predicted molar refractivity (Wildman–Crippen MR) is 119 cm³/mol. The van der Waals surface area contributed by atoms with E-state index < -0.39 is 29.5 Å². The van der Waals surface area contributed by atoms with Gasteiger partial charge in [0, 0.05) is 0 Å². The number of hydrogen-bond acceptors (Lipinski definition) is 8. The van der Waals surface area contributed by atoms with E-state index in [9.17, 15) is 19.2 Å². The Morgan fingerprint density at radius 3 is 2.41 bits per heavy atom. The van der Waals surface area contributed by atoms with Crippen LogP contribution in [0, 0.1) is 13.8 Å². The highest BCUT2D eigenvalue weighted by Gasteiger charge is 2.49. The minimum Gasteiger partial charge on any atom is -0.287 e. The Bertz CT molecular complexity index is 1260. The van der Waals surface area contributed by atoms with Crippen LogP contribution in [0.25, 0.3) is 10.2 Å². The van der Waals surface area contributed by atoms with E-state index in [2.05, 4.69) is 15.5 Å². The Balaban J connectivity index is 1.87. The molecule has 1 saturated heterocycles. The first-order valence-corrected chi connectivity index (χ1v) is 10.3. The van der Waals surface area contributed by atoms with Crippen LogP contribution in [-0.2, 0) is 14.4 Å². The number of para-hydroxylation sites is 2. The van der Waals surface area contributed by atoms with Crippen LogP contribution in [0.5, 0.6) is 0 Å². The number of amides is 4. The number of nitrogens with zero attached hydrogens (tertiary/aromatic N) is 3. The van der Waals surface area contributed by atoms with Crippen molar-refractivity contribution in [1.82, 2.24) is 15.8 Å². The SMILES string of the molecule is Cc1cccc(C)c1N1C(=O)C(=O)[C@@H](c2nc3ccccc3s2)/C(=N/NC(=O)NN)C1=O. The van der Waals surface area contributed by atoms with Gasteiger partial charge in [-0.25, -0.2) is 25.9 Å². The second kappa shape index (κ2) is 8.29. The van der Waals surface area contributed by atoms with Gasteiger partial charge in [0.05, 0.1) is 15.9 Å². The van der Waals surface area contributed by atoms with Crippen LogP contribution in [-0.4, -0.2) is 34.3 Å². The van der Waals surface area contributed by atoms with Crippen molar-refractivity contribution in [1.29, 1.82) is 0 Å². The molecule has 32 heavy (non-hydrogen) atoms. The lowest BCUT2D eigenvalue weighted by Crippen LogP contribution is -2.56. The van der Waals surface area contributed by atoms with E-state index in [1.165, 1.54) is 11.3 Å².